The monoisotopic (exact) mass is 257 g/mol. The van der Waals surface area contributed by atoms with Crippen LogP contribution >= 0.6 is 23.2 Å². The lowest BCUT2D eigenvalue weighted by Gasteiger charge is -2.22. The van der Waals surface area contributed by atoms with Crippen molar-refractivity contribution < 1.29 is 0 Å². The van der Waals surface area contributed by atoms with E-state index in [1.807, 2.05) is 18.9 Å². The van der Waals surface area contributed by atoms with Gasteiger partial charge in [0.25, 0.3) is 0 Å². The fourth-order valence-corrected chi connectivity index (χ4v) is 1.58. The molecule has 1 unspecified atom stereocenters. The van der Waals surface area contributed by atoms with Gasteiger partial charge in [-0.2, -0.15) is 5.26 Å². The predicted octanol–water partition coefficient (Wildman–Crippen LogP) is 3.12. The summed E-state index contributed by atoms with van der Waals surface area (Å²) in [5.41, 5.74) is 0.737. The molecule has 1 aromatic rings. The Labute approximate surface area is 106 Å². The maximum Gasteiger partial charge on any atom is 0.129 e. The minimum atomic E-state index is 0.168. The van der Waals surface area contributed by atoms with Crippen molar-refractivity contribution in [1.29, 1.82) is 5.26 Å². The minimum absolute atomic E-state index is 0.168. The molecule has 0 spiro atoms. The third-order valence-corrected chi connectivity index (χ3v) is 2.98. The number of nitriles is 1. The van der Waals surface area contributed by atoms with Crippen molar-refractivity contribution in [1.82, 2.24) is 9.88 Å². The van der Waals surface area contributed by atoms with Crippen molar-refractivity contribution in [2.75, 3.05) is 7.05 Å². The molecule has 16 heavy (non-hydrogen) atoms. The lowest BCUT2D eigenvalue weighted by Crippen LogP contribution is -2.28. The van der Waals surface area contributed by atoms with E-state index < -0.39 is 0 Å². The van der Waals surface area contributed by atoms with Crippen LogP contribution in [0.5, 0.6) is 0 Å². The fourth-order valence-electron chi connectivity index (χ4n) is 1.25. The highest BCUT2D eigenvalue weighted by Crippen LogP contribution is 2.19. The van der Waals surface area contributed by atoms with Gasteiger partial charge in [-0.3, -0.25) is 4.90 Å². The van der Waals surface area contributed by atoms with E-state index >= 15 is 0 Å². The standard InChI is InChI=1S/C11H13Cl2N3/c1-8(5-6-14)16(2)7-10-9(12)3-4-11(13)15-10/h3-4,8H,5,7H2,1-2H3. The van der Waals surface area contributed by atoms with Crippen LogP contribution in [0.4, 0.5) is 0 Å². The molecule has 0 radical (unpaired) electrons. The van der Waals surface area contributed by atoms with Crippen LogP contribution in [0.3, 0.4) is 0 Å². The summed E-state index contributed by atoms with van der Waals surface area (Å²) >= 11 is 11.8. The number of nitrogens with zero attached hydrogens (tertiary/aromatic N) is 3. The van der Waals surface area contributed by atoms with E-state index in [1.54, 1.807) is 12.1 Å². The maximum atomic E-state index is 8.61. The van der Waals surface area contributed by atoms with E-state index in [-0.39, 0.29) is 6.04 Å². The third-order valence-electron chi connectivity index (χ3n) is 2.42. The molecule has 1 atom stereocenters. The van der Waals surface area contributed by atoms with E-state index in [1.165, 1.54) is 0 Å². The van der Waals surface area contributed by atoms with Gasteiger partial charge in [-0.15, -0.1) is 0 Å². The lowest BCUT2D eigenvalue weighted by molar-refractivity contribution is 0.249. The Morgan fingerprint density at radius 1 is 1.50 bits per heavy atom. The first-order valence-corrected chi connectivity index (χ1v) is 5.68. The van der Waals surface area contributed by atoms with Gasteiger partial charge in [0.1, 0.15) is 5.15 Å². The van der Waals surface area contributed by atoms with Gasteiger partial charge in [0.05, 0.1) is 23.2 Å². The van der Waals surface area contributed by atoms with Crippen LogP contribution < -0.4 is 0 Å². The molecule has 0 fully saturated rings. The Morgan fingerprint density at radius 3 is 2.81 bits per heavy atom. The minimum Gasteiger partial charge on any atom is -0.297 e. The average molecular weight is 258 g/mol. The molecule has 0 saturated carbocycles. The van der Waals surface area contributed by atoms with Crippen LogP contribution in [0.1, 0.15) is 19.0 Å². The first kappa shape index (κ1) is 13.2. The molecule has 1 heterocycles. The molecule has 0 N–H and O–H groups in total. The van der Waals surface area contributed by atoms with Crippen molar-refractivity contribution >= 4 is 23.2 Å². The highest BCUT2D eigenvalue weighted by Gasteiger charge is 2.12. The van der Waals surface area contributed by atoms with Crippen molar-refractivity contribution in [3.8, 4) is 6.07 Å². The quantitative estimate of drug-likeness (QED) is 0.779. The van der Waals surface area contributed by atoms with Gasteiger partial charge in [0.2, 0.25) is 0 Å². The van der Waals surface area contributed by atoms with E-state index in [2.05, 4.69) is 11.1 Å². The Kier molecular flexibility index (Phi) is 5.01. The van der Waals surface area contributed by atoms with Crippen LogP contribution in [0.25, 0.3) is 0 Å². The van der Waals surface area contributed by atoms with Crippen LogP contribution in [0.15, 0.2) is 12.1 Å². The molecule has 1 aromatic heterocycles. The zero-order valence-corrected chi connectivity index (χ0v) is 10.8. The van der Waals surface area contributed by atoms with Gasteiger partial charge >= 0.3 is 0 Å². The normalized spacial score (nSPS) is 12.5. The number of rotatable bonds is 4. The summed E-state index contributed by atoms with van der Waals surface area (Å²) < 4.78 is 0. The summed E-state index contributed by atoms with van der Waals surface area (Å²) in [4.78, 5) is 6.19. The Hall–Kier alpha value is -0.820. The zero-order chi connectivity index (χ0) is 12.1. The van der Waals surface area contributed by atoms with Crippen molar-refractivity contribution in [2.45, 2.75) is 25.9 Å². The SMILES string of the molecule is CC(CC#N)N(C)Cc1nc(Cl)ccc1Cl. The molecule has 0 aliphatic carbocycles. The number of halogens is 2. The van der Waals surface area contributed by atoms with E-state index in [4.69, 9.17) is 28.5 Å². The first-order valence-electron chi connectivity index (χ1n) is 4.92. The summed E-state index contributed by atoms with van der Waals surface area (Å²) in [7, 11) is 1.93. The Morgan fingerprint density at radius 2 is 2.19 bits per heavy atom. The number of aromatic nitrogens is 1. The van der Waals surface area contributed by atoms with E-state index in [9.17, 15) is 0 Å². The summed E-state index contributed by atoms with van der Waals surface area (Å²) in [6, 6.07) is 5.70. The fraction of sp³-hybridized carbons (Fsp3) is 0.455. The van der Waals surface area contributed by atoms with Crippen LogP contribution in [-0.2, 0) is 6.54 Å². The van der Waals surface area contributed by atoms with E-state index in [0.717, 1.165) is 5.69 Å². The molecule has 3 nitrogen and oxygen atoms in total. The molecule has 86 valence electrons. The topological polar surface area (TPSA) is 39.9 Å². The second kappa shape index (κ2) is 6.05. The largest absolute Gasteiger partial charge is 0.297 e. The maximum absolute atomic E-state index is 8.61. The van der Waals surface area contributed by atoms with E-state index in [0.29, 0.717) is 23.1 Å². The van der Waals surface area contributed by atoms with Crippen LogP contribution in [0, 0.1) is 11.3 Å². The molecular weight excluding hydrogens is 245 g/mol. The molecule has 0 aromatic carbocycles. The molecule has 0 saturated heterocycles. The second-order valence-corrected chi connectivity index (χ2v) is 4.48. The van der Waals surface area contributed by atoms with Crippen LogP contribution in [-0.4, -0.2) is 23.0 Å². The number of hydrogen-bond donors (Lipinski definition) is 0. The van der Waals surface area contributed by atoms with Gasteiger partial charge in [0, 0.05) is 12.6 Å². The van der Waals surface area contributed by atoms with Gasteiger partial charge in [-0.1, -0.05) is 23.2 Å². The van der Waals surface area contributed by atoms with Gasteiger partial charge in [-0.05, 0) is 26.1 Å². The second-order valence-electron chi connectivity index (χ2n) is 3.69. The molecule has 5 heteroatoms. The molecule has 0 amide bonds. The Bertz CT molecular complexity index is 401. The van der Waals surface area contributed by atoms with Crippen LogP contribution in [0.2, 0.25) is 10.2 Å². The van der Waals surface area contributed by atoms with Crippen molar-refractivity contribution in [2.24, 2.45) is 0 Å². The van der Waals surface area contributed by atoms with Gasteiger partial charge in [0.15, 0.2) is 0 Å². The summed E-state index contributed by atoms with van der Waals surface area (Å²) in [6.07, 6.45) is 0.481. The molecule has 1 rings (SSSR count). The highest BCUT2D eigenvalue weighted by atomic mass is 35.5. The summed E-state index contributed by atoms with van der Waals surface area (Å²) in [6.45, 7) is 2.57. The molecule has 0 aliphatic heterocycles. The first-order chi connectivity index (χ1) is 7.54. The number of pyridine rings is 1. The average Bonchev–Trinajstić information content (AvgIpc) is 2.23. The number of hydrogen-bond acceptors (Lipinski definition) is 3. The van der Waals surface area contributed by atoms with Crippen molar-refractivity contribution in [3.05, 3.63) is 28.0 Å². The molecular formula is C11H13Cl2N3. The summed E-state index contributed by atoms with van der Waals surface area (Å²) in [5.74, 6) is 0. The predicted molar refractivity (Wildman–Crippen MR) is 65.4 cm³/mol. The third kappa shape index (κ3) is 3.64. The lowest BCUT2D eigenvalue weighted by atomic mass is 10.2. The molecule has 0 bridgehead atoms. The van der Waals surface area contributed by atoms with Gasteiger partial charge in [-0.25, -0.2) is 4.98 Å². The highest BCUT2D eigenvalue weighted by molar-refractivity contribution is 6.32. The van der Waals surface area contributed by atoms with Gasteiger partial charge < -0.3 is 0 Å². The zero-order valence-electron chi connectivity index (χ0n) is 9.24. The summed E-state index contributed by atoms with van der Waals surface area (Å²) in [5, 5.41) is 9.64. The Balaban J connectivity index is 2.73. The van der Waals surface area contributed by atoms with Crippen molar-refractivity contribution in [3.63, 3.8) is 0 Å². The smallest absolute Gasteiger partial charge is 0.129 e. The molecule has 0 aliphatic rings.